The van der Waals surface area contributed by atoms with Crippen LogP contribution in [0.5, 0.6) is 0 Å². The Hall–Kier alpha value is -2.77. The molecule has 0 aromatic heterocycles. The predicted octanol–water partition coefficient (Wildman–Crippen LogP) is 0.691. The maximum atomic E-state index is 13.7. The average Bonchev–Trinajstić information content (AvgIpc) is 3.06. The van der Waals surface area contributed by atoms with Gasteiger partial charge in [-0.25, -0.2) is 0 Å². The third kappa shape index (κ3) is 7.20. The maximum Gasteiger partial charge on any atom is 0.303 e. The molecule has 3 aliphatic rings. The van der Waals surface area contributed by atoms with Crippen molar-refractivity contribution < 1.29 is 57.1 Å². The van der Waals surface area contributed by atoms with Gasteiger partial charge in [-0.05, 0) is 20.8 Å². The van der Waals surface area contributed by atoms with E-state index in [0.29, 0.717) is 6.42 Å². The van der Waals surface area contributed by atoms with E-state index in [1.807, 2.05) is 0 Å². The van der Waals surface area contributed by atoms with Crippen molar-refractivity contribution in [1.82, 2.24) is 5.32 Å². The Balaban J connectivity index is 1.84. The Bertz CT molecular complexity index is 951. The van der Waals surface area contributed by atoms with E-state index >= 15 is 0 Å². The van der Waals surface area contributed by atoms with Crippen LogP contribution in [0.1, 0.15) is 67.7 Å². The lowest BCUT2D eigenvalue weighted by molar-refractivity contribution is -0.205. The minimum atomic E-state index is -1.75. The van der Waals surface area contributed by atoms with Crippen LogP contribution in [-0.4, -0.2) is 90.4 Å². The minimum absolute atomic E-state index is 0.0460. The van der Waals surface area contributed by atoms with Gasteiger partial charge in [0.25, 0.3) is 5.91 Å². The summed E-state index contributed by atoms with van der Waals surface area (Å²) in [5.74, 6) is -4.15. The molecule has 0 bridgehead atoms. The number of nitrogens with one attached hydrogen (secondary N) is 1. The molecule has 2 aliphatic heterocycles. The first-order valence-electron chi connectivity index (χ1n) is 12.6. The molecule has 0 radical (unpaired) electrons. The number of carbonyl (C=O) groups excluding carboxylic acids is 5. The molecule has 1 saturated carbocycles. The highest BCUT2D eigenvalue weighted by atomic mass is 16.8. The Kier molecular flexibility index (Phi) is 9.04. The second-order valence-electron chi connectivity index (χ2n) is 10.4. The molecular formula is C25H37NO12. The molecule has 214 valence electrons. The van der Waals surface area contributed by atoms with E-state index in [0.717, 1.165) is 0 Å². The summed E-state index contributed by atoms with van der Waals surface area (Å²) in [5, 5.41) is 2.73. The van der Waals surface area contributed by atoms with Crippen molar-refractivity contribution in [3.05, 3.63) is 0 Å². The van der Waals surface area contributed by atoms with Crippen molar-refractivity contribution in [3.63, 3.8) is 0 Å². The maximum absolute atomic E-state index is 13.7. The number of hydrogen-bond acceptors (Lipinski definition) is 12. The third-order valence-electron chi connectivity index (χ3n) is 6.51. The van der Waals surface area contributed by atoms with Crippen molar-refractivity contribution in [1.29, 1.82) is 0 Å². The lowest BCUT2D eigenvalue weighted by Gasteiger charge is -2.43. The Morgan fingerprint density at radius 1 is 0.842 bits per heavy atom. The number of esters is 4. The van der Waals surface area contributed by atoms with Crippen LogP contribution in [0.15, 0.2) is 0 Å². The number of ether oxygens (including phenoxy) is 7. The standard InChI is InChI=1S/C25H37NO12/c1-12-8-17(33-13(2)27)21(35-15(4)29)20(32-12)11-26-23(31)25(36-16(5)30)9-18(34-14(3)28)22-19(10-25)37-24(6,7)38-22/h12,17-22H,8-11H2,1-7H3,(H,26,31)/t12-,17-,18+,19+,20+,21+,22-,25+/m0/s1. The predicted molar refractivity (Wildman–Crippen MR) is 126 cm³/mol. The van der Waals surface area contributed by atoms with E-state index in [4.69, 9.17) is 33.2 Å². The highest BCUT2D eigenvalue weighted by Crippen LogP contribution is 2.44. The second-order valence-corrected chi connectivity index (χ2v) is 10.4. The van der Waals surface area contributed by atoms with Gasteiger partial charge in [0.1, 0.15) is 24.4 Å². The zero-order chi connectivity index (χ0) is 28.4. The molecule has 13 nitrogen and oxygen atoms in total. The van der Waals surface area contributed by atoms with Crippen LogP contribution in [0.3, 0.4) is 0 Å². The Morgan fingerprint density at radius 3 is 2.03 bits per heavy atom. The zero-order valence-corrected chi connectivity index (χ0v) is 22.8. The Morgan fingerprint density at radius 2 is 1.45 bits per heavy atom. The van der Waals surface area contributed by atoms with Crippen LogP contribution in [0.4, 0.5) is 0 Å². The quantitative estimate of drug-likeness (QED) is 0.354. The van der Waals surface area contributed by atoms with Gasteiger partial charge in [-0.1, -0.05) is 0 Å². The lowest BCUT2D eigenvalue weighted by atomic mass is 9.78. The first-order valence-corrected chi connectivity index (χ1v) is 12.6. The van der Waals surface area contributed by atoms with Crippen LogP contribution in [0.2, 0.25) is 0 Å². The van der Waals surface area contributed by atoms with Gasteiger partial charge in [0, 0.05) is 53.5 Å². The van der Waals surface area contributed by atoms with E-state index in [-0.39, 0.29) is 25.5 Å². The fourth-order valence-corrected chi connectivity index (χ4v) is 5.42. The van der Waals surface area contributed by atoms with Gasteiger partial charge in [-0.2, -0.15) is 0 Å². The van der Waals surface area contributed by atoms with Gasteiger partial charge in [0.15, 0.2) is 17.5 Å². The molecule has 8 atom stereocenters. The van der Waals surface area contributed by atoms with Gasteiger partial charge in [0.2, 0.25) is 0 Å². The van der Waals surface area contributed by atoms with Crippen LogP contribution in [-0.2, 0) is 57.1 Å². The zero-order valence-electron chi connectivity index (χ0n) is 22.8. The SMILES string of the molecule is CC(=O)O[C@@H]1[C@@H](OC(C)=O)C[C@H](C)O[C@@H]1CNC(=O)[C@@]1(OC(C)=O)C[C@@H](OC(C)=O)[C@@H]2OC(C)(C)O[C@@H]2C1. The summed E-state index contributed by atoms with van der Waals surface area (Å²) in [5.41, 5.74) is -1.75. The second kappa shape index (κ2) is 11.5. The summed E-state index contributed by atoms with van der Waals surface area (Å²) in [6.07, 6.45) is -5.20. The van der Waals surface area contributed by atoms with Gasteiger partial charge in [-0.15, -0.1) is 0 Å². The molecule has 3 fully saturated rings. The van der Waals surface area contributed by atoms with Crippen molar-refractivity contribution in [2.75, 3.05) is 6.54 Å². The molecule has 0 aromatic carbocycles. The van der Waals surface area contributed by atoms with Crippen LogP contribution in [0.25, 0.3) is 0 Å². The first-order chi connectivity index (χ1) is 17.6. The number of amides is 1. The van der Waals surface area contributed by atoms with E-state index < -0.39 is 77.8 Å². The molecule has 2 saturated heterocycles. The number of hydrogen-bond donors (Lipinski definition) is 1. The minimum Gasteiger partial charge on any atom is -0.460 e. The average molecular weight is 544 g/mol. The van der Waals surface area contributed by atoms with Crippen molar-refractivity contribution >= 4 is 29.8 Å². The summed E-state index contributed by atoms with van der Waals surface area (Å²) in [6.45, 7) is 9.86. The number of fused-ring (bicyclic) bond motifs is 1. The topological polar surface area (TPSA) is 162 Å². The van der Waals surface area contributed by atoms with Gasteiger partial charge in [-0.3, -0.25) is 24.0 Å². The van der Waals surface area contributed by atoms with Gasteiger partial charge >= 0.3 is 23.9 Å². The van der Waals surface area contributed by atoms with Crippen molar-refractivity contribution in [2.45, 2.75) is 122 Å². The molecule has 0 spiro atoms. The lowest BCUT2D eigenvalue weighted by Crippen LogP contribution is -2.62. The normalized spacial score (nSPS) is 35.8. The molecule has 0 unspecified atom stereocenters. The first kappa shape index (κ1) is 29.8. The van der Waals surface area contributed by atoms with Crippen LogP contribution in [0, 0.1) is 0 Å². The summed E-state index contributed by atoms with van der Waals surface area (Å²) in [6, 6.07) is 0. The molecule has 1 amide bonds. The number of carbonyl (C=O) groups is 5. The highest BCUT2D eigenvalue weighted by Gasteiger charge is 2.60. The van der Waals surface area contributed by atoms with E-state index in [1.54, 1.807) is 20.8 Å². The van der Waals surface area contributed by atoms with Gasteiger partial charge < -0.3 is 38.5 Å². The van der Waals surface area contributed by atoms with E-state index in [9.17, 15) is 24.0 Å². The molecule has 2 heterocycles. The number of rotatable bonds is 7. The van der Waals surface area contributed by atoms with Crippen molar-refractivity contribution in [2.24, 2.45) is 0 Å². The van der Waals surface area contributed by atoms with E-state index in [1.165, 1.54) is 27.7 Å². The molecule has 38 heavy (non-hydrogen) atoms. The van der Waals surface area contributed by atoms with Gasteiger partial charge in [0.05, 0.1) is 12.2 Å². The monoisotopic (exact) mass is 543 g/mol. The smallest absolute Gasteiger partial charge is 0.303 e. The van der Waals surface area contributed by atoms with Crippen LogP contribution < -0.4 is 5.32 Å². The fraction of sp³-hybridized carbons (Fsp3) is 0.800. The molecule has 0 aromatic rings. The summed E-state index contributed by atoms with van der Waals surface area (Å²) < 4.78 is 39.6. The highest BCUT2D eigenvalue weighted by molar-refractivity contribution is 5.88. The molecule has 1 N–H and O–H groups in total. The molecule has 1 aliphatic carbocycles. The molecular weight excluding hydrogens is 506 g/mol. The van der Waals surface area contributed by atoms with Crippen LogP contribution >= 0.6 is 0 Å². The fourth-order valence-electron chi connectivity index (χ4n) is 5.42. The summed E-state index contributed by atoms with van der Waals surface area (Å²) >= 11 is 0. The third-order valence-corrected chi connectivity index (χ3v) is 6.51. The summed E-state index contributed by atoms with van der Waals surface area (Å²) in [7, 11) is 0. The molecule has 3 rings (SSSR count). The Labute approximate surface area is 221 Å². The summed E-state index contributed by atoms with van der Waals surface area (Å²) in [4.78, 5) is 61.1. The molecule has 13 heteroatoms. The largest absolute Gasteiger partial charge is 0.460 e. The van der Waals surface area contributed by atoms with Crippen molar-refractivity contribution in [3.8, 4) is 0 Å². The van der Waals surface area contributed by atoms with E-state index in [2.05, 4.69) is 5.32 Å².